The molecule has 8 nitrogen and oxygen atoms in total. The summed E-state index contributed by atoms with van der Waals surface area (Å²) in [7, 11) is 0. The minimum absolute atomic E-state index is 0.00200. The Labute approximate surface area is 192 Å². The van der Waals surface area contributed by atoms with Gasteiger partial charge in [0.2, 0.25) is 11.8 Å². The van der Waals surface area contributed by atoms with Gasteiger partial charge in [-0.15, -0.1) is 10.2 Å². The van der Waals surface area contributed by atoms with Crippen molar-refractivity contribution in [3.8, 4) is 11.5 Å². The Morgan fingerprint density at radius 3 is 2.50 bits per heavy atom. The van der Waals surface area contributed by atoms with E-state index in [4.69, 9.17) is 4.42 Å². The van der Waals surface area contributed by atoms with E-state index in [1.165, 1.54) is 19.9 Å². The van der Waals surface area contributed by atoms with Crippen molar-refractivity contribution >= 4 is 33.9 Å². The van der Waals surface area contributed by atoms with Crippen LogP contribution >= 0.6 is 11.5 Å². The van der Waals surface area contributed by atoms with Crippen molar-refractivity contribution in [2.24, 2.45) is 0 Å². The van der Waals surface area contributed by atoms with Crippen LogP contribution in [0.15, 0.2) is 34.9 Å². The van der Waals surface area contributed by atoms with E-state index in [0.717, 1.165) is 29.7 Å². The first-order valence-corrected chi connectivity index (χ1v) is 10.2. The van der Waals surface area contributed by atoms with E-state index in [1.54, 1.807) is 0 Å². The second kappa shape index (κ2) is 8.78. The summed E-state index contributed by atoms with van der Waals surface area (Å²) in [4.78, 5) is 16.6. The SMILES string of the molecule is Cc1nnc(-c2cc(Nc3snc(C)c3C(=O)Nc3ccc(F)c(F)c3)ncc2C(F)(F)F)o1. The number of alkyl halides is 3. The number of carbonyl (C=O) groups excluding carboxylic acids is 1. The standard InChI is InChI=1S/C20H13F5N6O2S/c1-8-16(17(32)27-10-3-4-13(21)14(22)5-10)19(34-31-8)28-15-6-11(18-30-29-9(2)33-18)12(7-26-15)20(23,24)25/h3-7H,1-2H3,(H,26,28)(H,27,32). The molecule has 2 N–H and O–H groups in total. The van der Waals surface area contributed by atoms with Gasteiger partial charge in [-0.25, -0.2) is 13.8 Å². The van der Waals surface area contributed by atoms with Crippen molar-refractivity contribution in [1.29, 1.82) is 0 Å². The second-order valence-corrected chi connectivity index (χ2v) is 7.69. The highest BCUT2D eigenvalue weighted by Gasteiger charge is 2.36. The second-order valence-electron chi connectivity index (χ2n) is 6.92. The molecule has 0 saturated heterocycles. The molecule has 0 unspecified atom stereocenters. The predicted molar refractivity (Wildman–Crippen MR) is 112 cm³/mol. The molecule has 0 saturated carbocycles. The molecule has 0 aliphatic carbocycles. The fraction of sp³-hybridized carbons (Fsp3) is 0.150. The topological polar surface area (TPSA) is 106 Å². The van der Waals surface area contributed by atoms with Crippen LogP contribution in [0, 0.1) is 25.5 Å². The molecule has 0 atom stereocenters. The number of amides is 1. The molecule has 176 valence electrons. The van der Waals surface area contributed by atoms with Crippen LogP contribution in [0.25, 0.3) is 11.5 Å². The van der Waals surface area contributed by atoms with Crippen molar-refractivity contribution in [2.75, 3.05) is 10.6 Å². The number of rotatable bonds is 5. The summed E-state index contributed by atoms with van der Waals surface area (Å²) in [6, 6.07) is 3.90. The Morgan fingerprint density at radius 2 is 1.85 bits per heavy atom. The zero-order valence-corrected chi connectivity index (χ0v) is 18.1. The average molecular weight is 496 g/mol. The Bertz CT molecular complexity index is 1380. The molecule has 1 aromatic carbocycles. The lowest BCUT2D eigenvalue weighted by Gasteiger charge is -2.12. The number of carbonyl (C=O) groups is 1. The van der Waals surface area contributed by atoms with Gasteiger partial charge in [-0.1, -0.05) is 0 Å². The summed E-state index contributed by atoms with van der Waals surface area (Å²) in [5, 5.41) is 12.6. The number of benzene rings is 1. The number of hydrogen-bond donors (Lipinski definition) is 2. The van der Waals surface area contributed by atoms with Crippen molar-refractivity contribution in [3.05, 3.63) is 64.8 Å². The molecule has 34 heavy (non-hydrogen) atoms. The Hall–Kier alpha value is -3.94. The summed E-state index contributed by atoms with van der Waals surface area (Å²) in [5.41, 5.74) is -1.14. The average Bonchev–Trinajstić information content (AvgIpc) is 3.35. The van der Waals surface area contributed by atoms with E-state index in [1.807, 2.05) is 0 Å². The number of halogens is 5. The smallest absolute Gasteiger partial charge is 0.418 e. The number of nitrogens with zero attached hydrogens (tertiary/aromatic N) is 4. The van der Waals surface area contributed by atoms with Gasteiger partial charge in [-0.3, -0.25) is 4.79 Å². The van der Waals surface area contributed by atoms with Gasteiger partial charge in [0.1, 0.15) is 10.8 Å². The number of nitrogens with one attached hydrogen (secondary N) is 2. The maximum absolute atomic E-state index is 13.5. The maximum Gasteiger partial charge on any atom is 0.418 e. The molecule has 3 heterocycles. The van der Waals surface area contributed by atoms with E-state index in [2.05, 4.69) is 30.2 Å². The summed E-state index contributed by atoms with van der Waals surface area (Å²) in [6.45, 7) is 2.97. The van der Waals surface area contributed by atoms with Crippen LogP contribution in [0.1, 0.15) is 27.5 Å². The van der Waals surface area contributed by atoms with Crippen LogP contribution in [0.2, 0.25) is 0 Å². The summed E-state index contributed by atoms with van der Waals surface area (Å²) < 4.78 is 76.3. The molecule has 14 heteroatoms. The molecular formula is C20H13F5N6O2S. The van der Waals surface area contributed by atoms with Gasteiger partial charge in [-0.05, 0) is 36.7 Å². The minimum atomic E-state index is -4.74. The van der Waals surface area contributed by atoms with Gasteiger partial charge < -0.3 is 15.1 Å². The molecule has 0 aliphatic rings. The number of pyridine rings is 1. The van der Waals surface area contributed by atoms with Gasteiger partial charge in [-0.2, -0.15) is 17.5 Å². The largest absolute Gasteiger partial charge is 0.421 e. The van der Waals surface area contributed by atoms with Gasteiger partial charge >= 0.3 is 6.18 Å². The highest BCUT2D eigenvalue weighted by atomic mass is 32.1. The lowest BCUT2D eigenvalue weighted by Crippen LogP contribution is -2.14. The van der Waals surface area contributed by atoms with E-state index in [-0.39, 0.29) is 33.9 Å². The maximum atomic E-state index is 13.5. The van der Waals surface area contributed by atoms with Crippen molar-refractivity contribution in [2.45, 2.75) is 20.0 Å². The van der Waals surface area contributed by atoms with Gasteiger partial charge in [0.25, 0.3) is 5.91 Å². The van der Waals surface area contributed by atoms with E-state index >= 15 is 0 Å². The van der Waals surface area contributed by atoms with Crippen LogP contribution in [0.4, 0.5) is 38.5 Å². The zero-order valence-electron chi connectivity index (χ0n) is 17.3. The third-order valence-corrected chi connectivity index (χ3v) is 5.33. The molecule has 0 fully saturated rings. The summed E-state index contributed by atoms with van der Waals surface area (Å²) in [6.07, 6.45) is -4.13. The molecule has 0 spiro atoms. The Kier molecular flexibility index (Phi) is 6.00. The molecule has 0 bridgehead atoms. The highest BCUT2D eigenvalue weighted by molar-refractivity contribution is 7.10. The normalized spacial score (nSPS) is 11.5. The first kappa shape index (κ1) is 23.2. The molecule has 0 aliphatic heterocycles. The minimum Gasteiger partial charge on any atom is -0.421 e. The Balaban J connectivity index is 1.66. The van der Waals surface area contributed by atoms with Crippen LogP contribution in [0.3, 0.4) is 0 Å². The van der Waals surface area contributed by atoms with Crippen LogP contribution in [-0.2, 0) is 6.18 Å². The van der Waals surface area contributed by atoms with Crippen LogP contribution in [-0.4, -0.2) is 25.5 Å². The zero-order chi connectivity index (χ0) is 24.6. The highest BCUT2D eigenvalue weighted by Crippen LogP contribution is 2.38. The van der Waals surface area contributed by atoms with Gasteiger partial charge in [0, 0.05) is 24.9 Å². The van der Waals surface area contributed by atoms with Gasteiger partial charge in [0.05, 0.1) is 22.4 Å². The molecule has 4 rings (SSSR count). The first-order chi connectivity index (χ1) is 16.0. The molecule has 0 radical (unpaired) electrons. The number of aryl methyl sites for hydroxylation is 2. The third-order valence-electron chi connectivity index (χ3n) is 4.47. The first-order valence-electron chi connectivity index (χ1n) is 9.40. The fourth-order valence-corrected chi connectivity index (χ4v) is 3.74. The van der Waals surface area contributed by atoms with E-state index < -0.39 is 34.8 Å². The third kappa shape index (κ3) is 4.71. The van der Waals surface area contributed by atoms with Crippen molar-refractivity contribution < 1.29 is 31.2 Å². The molecular weight excluding hydrogens is 483 g/mol. The number of hydrogen-bond acceptors (Lipinski definition) is 8. The van der Waals surface area contributed by atoms with Gasteiger partial charge in [0.15, 0.2) is 11.6 Å². The monoisotopic (exact) mass is 496 g/mol. The molecule has 3 aromatic heterocycles. The van der Waals surface area contributed by atoms with Crippen LogP contribution in [0.5, 0.6) is 0 Å². The van der Waals surface area contributed by atoms with Crippen molar-refractivity contribution in [3.63, 3.8) is 0 Å². The van der Waals surface area contributed by atoms with Crippen LogP contribution < -0.4 is 10.6 Å². The lowest BCUT2D eigenvalue weighted by atomic mass is 10.1. The van der Waals surface area contributed by atoms with Crippen molar-refractivity contribution in [1.82, 2.24) is 19.6 Å². The van der Waals surface area contributed by atoms with E-state index in [9.17, 15) is 26.7 Å². The van der Waals surface area contributed by atoms with E-state index in [0.29, 0.717) is 11.9 Å². The molecule has 1 amide bonds. The fourth-order valence-electron chi connectivity index (χ4n) is 2.94. The summed E-state index contributed by atoms with van der Waals surface area (Å²) in [5.74, 6) is -3.25. The lowest BCUT2D eigenvalue weighted by molar-refractivity contribution is -0.137. The predicted octanol–water partition coefficient (Wildman–Crippen LogP) is 5.50. The number of anilines is 3. The number of aromatic nitrogens is 4. The quantitative estimate of drug-likeness (QED) is 0.352. The molecule has 4 aromatic rings. The summed E-state index contributed by atoms with van der Waals surface area (Å²) >= 11 is 0.861. The Morgan fingerprint density at radius 1 is 1.09 bits per heavy atom.